The Balaban J connectivity index is 1.77. The summed E-state index contributed by atoms with van der Waals surface area (Å²) in [6.07, 6.45) is 8.45. The van der Waals surface area contributed by atoms with Crippen LogP contribution in [0.2, 0.25) is 0 Å². The van der Waals surface area contributed by atoms with E-state index in [4.69, 9.17) is 4.42 Å². The molecular weight excluding hydrogens is 230 g/mol. The van der Waals surface area contributed by atoms with Crippen LogP contribution >= 0.6 is 0 Å². The molecule has 0 atom stereocenters. The van der Waals surface area contributed by atoms with E-state index in [0.29, 0.717) is 6.54 Å². The van der Waals surface area contributed by atoms with Crippen LogP contribution in [0.4, 0.5) is 5.95 Å². The average molecular weight is 247 g/mol. The summed E-state index contributed by atoms with van der Waals surface area (Å²) in [6.45, 7) is 2.76. The lowest BCUT2D eigenvalue weighted by Gasteiger charge is -2.20. The van der Waals surface area contributed by atoms with Crippen molar-refractivity contribution < 1.29 is 4.42 Å². The maximum Gasteiger partial charge on any atom is 0.245 e. The lowest BCUT2D eigenvalue weighted by molar-refractivity contribution is 0.557. The van der Waals surface area contributed by atoms with Crippen molar-refractivity contribution in [3.8, 4) is 0 Å². The number of tetrazole rings is 1. The standard InChI is InChI=1S/C12H17N5O/c1-2-4-7-16(6-3-1)12-13-14-15-17(12)9-11-5-8-18-10-11/h5,8,10H,1-4,6-7,9H2. The predicted octanol–water partition coefficient (Wildman–Crippen LogP) is 1.69. The molecule has 0 aromatic carbocycles. The Kier molecular flexibility index (Phi) is 3.25. The second-order valence-corrected chi connectivity index (χ2v) is 4.67. The second-order valence-electron chi connectivity index (χ2n) is 4.67. The van der Waals surface area contributed by atoms with Gasteiger partial charge in [0, 0.05) is 18.7 Å². The van der Waals surface area contributed by atoms with Gasteiger partial charge in [0.15, 0.2) is 0 Å². The first-order chi connectivity index (χ1) is 8.93. The summed E-state index contributed by atoms with van der Waals surface area (Å²) in [5, 5.41) is 12.0. The summed E-state index contributed by atoms with van der Waals surface area (Å²) < 4.78 is 6.92. The minimum atomic E-state index is 0.662. The molecule has 0 radical (unpaired) electrons. The Bertz CT molecular complexity index is 470. The summed E-state index contributed by atoms with van der Waals surface area (Å²) in [4.78, 5) is 2.28. The van der Waals surface area contributed by atoms with Crippen LogP contribution in [0.3, 0.4) is 0 Å². The number of hydrogen-bond donors (Lipinski definition) is 0. The molecule has 18 heavy (non-hydrogen) atoms. The molecule has 96 valence electrons. The zero-order valence-electron chi connectivity index (χ0n) is 10.3. The summed E-state index contributed by atoms with van der Waals surface area (Å²) in [6, 6.07) is 1.94. The monoisotopic (exact) mass is 247 g/mol. The van der Waals surface area contributed by atoms with Crippen LogP contribution in [-0.2, 0) is 6.54 Å². The van der Waals surface area contributed by atoms with Gasteiger partial charge >= 0.3 is 0 Å². The van der Waals surface area contributed by atoms with Crippen LogP contribution in [0, 0.1) is 0 Å². The van der Waals surface area contributed by atoms with Crippen LogP contribution < -0.4 is 4.90 Å². The fourth-order valence-electron chi connectivity index (χ4n) is 2.35. The summed E-state index contributed by atoms with van der Waals surface area (Å²) in [5.41, 5.74) is 1.08. The molecule has 6 heteroatoms. The Labute approximate surface area is 106 Å². The van der Waals surface area contributed by atoms with Crippen molar-refractivity contribution in [1.82, 2.24) is 20.2 Å². The molecule has 0 bridgehead atoms. The zero-order valence-corrected chi connectivity index (χ0v) is 10.3. The fourth-order valence-corrected chi connectivity index (χ4v) is 2.35. The molecule has 1 aliphatic heterocycles. The van der Waals surface area contributed by atoms with Gasteiger partial charge in [0.1, 0.15) is 0 Å². The highest BCUT2D eigenvalue weighted by Gasteiger charge is 2.16. The summed E-state index contributed by atoms with van der Waals surface area (Å²) in [7, 11) is 0. The number of hydrogen-bond acceptors (Lipinski definition) is 5. The van der Waals surface area contributed by atoms with Crippen LogP contribution in [0.15, 0.2) is 23.0 Å². The summed E-state index contributed by atoms with van der Waals surface area (Å²) >= 11 is 0. The Morgan fingerprint density at radius 2 is 2.00 bits per heavy atom. The molecule has 3 rings (SSSR count). The first-order valence-electron chi connectivity index (χ1n) is 6.46. The van der Waals surface area contributed by atoms with Gasteiger partial charge in [-0.1, -0.05) is 17.9 Å². The van der Waals surface area contributed by atoms with E-state index in [1.54, 1.807) is 12.5 Å². The average Bonchev–Trinajstić information content (AvgIpc) is 2.97. The van der Waals surface area contributed by atoms with E-state index in [9.17, 15) is 0 Å². The Morgan fingerprint density at radius 1 is 1.17 bits per heavy atom. The van der Waals surface area contributed by atoms with E-state index in [1.165, 1.54) is 25.7 Å². The molecule has 0 unspecified atom stereocenters. The molecular formula is C12H17N5O. The smallest absolute Gasteiger partial charge is 0.245 e. The molecule has 0 N–H and O–H groups in total. The van der Waals surface area contributed by atoms with Gasteiger partial charge in [0.2, 0.25) is 5.95 Å². The van der Waals surface area contributed by atoms with Gasteiger partial charge < -0.3 is 9.32 Å². The largest absolute Gasteiger partial charge is 0.472 e. The highest BCUT2D eigenvalue weighted by atomic mass is 16.3. The summed E-state index contributed by atoms with van der Waals surface area (Å²) in [5.74, 6) is 0.873. The van der Waals surface area contributed by atoms with E-state index in [-0.39, 0.29) is 0 Å². The van der Waals surface area contributed by atoms with Crippen LogP contribution in [0.5, 0.6) is 0 Å². The van der Waals surface area contributed by atoms with E-state index >= 15 is 0 Å². The van der Waals surface area contributed by atoms with E-state index in [1.807, 2.05) is 10.7 Å². The van der Waals surface area contributed by atoms with Crippen molar-refractivity contribution in [3.05, 3.63) is 24.2 Å². The quantitative estimate of drug-likeness (QED) is 0.826. The molecule has 0 aliphatic carbocycles. The molecule has 1 fully saturated rings. The van der Waals surface area contributed by atoms with Crippen molar-refractivity contribution in [2.45, 2.75) is 32.2 Å². The molecule has 6 nitrogen and oxygen atoms in total. The molecule has 2 aromatic heterocycles. The lowest BCUT2D eigenvalue weighted by Crippen LogP contribution is -2.27. The van der Waals surface area contributed by atoms with Gasteiger partial charge in [-0.2, -0.15) is 0 Å². The third-order valence-electron chi connectivity index (χ3n) is 3.31. The van der Waals surface area contributed by atoms with Crippen molar-refractivity contribution in [2.75, 3.05) is 18.0 Å². The third kappa shape index (κ3) is 2.37. The van der Waals surface area contributed by atoms with Gasteiger partial charge in [0.25, 0.3) is 0 Å². The van der Waals surface area contributed by atoms with Crippen molar-refractivity contribution >= 4 is 5.95 Å². The normalized spacial score (nSPS) is 16.8. The van der Waals surface area contributed by atoms with E-state index in [2.05, 4.69) is 20.4 Å². The second kappa shape index (κ2) is 5.20. The van der Waals surface area contributed by atoms with Crippen LogP contribution in [-0.4, -0.2) is 33.3 Å². The number of furan rings is 1. The topological polar surface area (TPSA) is 60.0 Å². The predicted molar refractivity (Wildman–Crippen MR) is 66.3 cm³/mol. The maximum absolute atomic E-state index is 5.07. The number of aromatic nitrogens is 4. The number of anilines is 1. The van der Waals surface area contributed by atoms with Gasteiger partial charge in [-0.3, -0.25) is 0 Å². The van der Waals surface area contributed by atoms with Gasteiger partial charge in [-0.25, -0.2) is 4.68 Å². The highest BCUT2D eigenvalue weighted by Crippen LogP contribution is 2.17. The molecule has 3 heterocycles. The van der Waals surface area contributed by atoms with Gasteiger partial charge in [-0.15, -0.1) is 0 Å². The Hall–Kier alpha value is -1.85. The molecule has 0 saturated carbocycles. The lowest BCUT2D eigenvalue weighted by atomic mass is 10.2. The molecule has 0 spiro atoms. The number of rotatable bonds is 3. The maximum atomic E-state index is 5.07. The molecule has 1 aliphatic rings. The molecule has 2 aromatic rings. The van der Waals surface area contributed by atoms with Crippen molar-refractivity contribution in [3.63, 3.8) is 0 Å². The first kappa shape index (κ1) is 11.3. The minimum absolute atomic E-state index is 0.662. The van der Waals surface area contributed by atoms with Crippen molar-refractivity contribution in [1.29, 1.82) is 0 Å². The van der Waals surface area contributed by atoms with E-state index < -0.39 is 0 Å². The number of nitrogens with zero attached hydrogens (tertiary/aromatic N) is 5. The molecule has 1 saturated heterocycles. The fraction of sp³-hybridized carbons (Fsp3) is 0.583. The van der Waals surface area contributed by atoms with Crippen LogP contribution in [0.25, 0.3) is 0 Å². The van der Waals surface area contributed by atoms with Gasteiger partial charge in [-0.05, 0) is 29.3 Å². The van der Waals surface area contributed by atoms with Gasteiger partial charge in [0.05, 0.1) is 19.1 Å². The zero-order chi connectivity index (χ0) is 12.2. The van der Waals surface area contributed by atoms with Crippen molar-refractivity contribution in [2.24, 2.45) is 0 Å². The highest BCUT2D eigenvalue weighted by molar-refractivity contribution is 5.29. The first-order valence-corrected chi connectivity index (χ1v) is 6.46. The molecule has 0 amide bonds. The third-order valence-corrected chi connectivity index (χ3v) is 3.31. The Morgan fingerprint density at radius 3 is 2.72 bits per heavy atom. The van der Waals surface area contributed by atoms with E-state index in [0.717, 1.165) is 24.6 Å². The van der Waals surface area contributed by atoms with Crippen LogP contribution in [0.1, 0.15) is 31.2 Å². The SMILES string of the molecule is c1cc(Cn2nnnc2N2CCCCCC2)co1. The minimum Gasteiger partial charge on any atom is -0.472 e.